The SMILES string of the molecule is CSc1ccc(NC(=O)COC(=O)c2nc(-n3nc(C)cc3C)ccc2Cl)cc1. The van der Waals surface area contributed by atoms with E-state index in [-0.39, 0.29) is 10.7 Å². The summed E-state index contributed by atoms with van der Waals surface area (Å²) in [5, 5.41) is 7.14. The second kappa shape index (κ2) is 9.11. The van der Waals surface area contributed by atoms with Crippen LogP contribution in [-0.2, 0) is 9.53 Å². The highest BCUT2D eigenvalue weighted by atomic mass is 35.5. The molecular weight excluding hydrogens is 412 g/mol. The Labute approximate surface area is 177 Å². The van der Waals surface area contributed by atoms with E-state index in [0.29, 0.717) is 11.5 Å². The van der Waals surface area contributed by atoms with Crippen molar-refractivity contribution in [3.63, 3.8) is 0 Å². The van der Waals surface area contributed by atoms with Gasteiger partial charge in [-0.25, -0.2) is 14.5 Å². The number of anilines is 1. The molecule has 0 radical (unpaired) electrons. The second-order valence-electron chi connectivity index (χ2n) is 6.19. The number of esters is 1. The molecule has 7 nitrogen and oxygen atoms in total. The molecule has 2 aromatic heterocycles. The van der Waals surface area contributed by atoms with E-state index in [1.165, 1.54) is 0 Å². The number of nitrogens with zero attached hydrogens (tertiary/aromatic N) is 3. The molecule has 0 aliphatic rings. The molecule has 0 atom stereocenters. The van der Waals surface area contributed by atoms with Crippen molar-refractivity contribution in [3.8, 4) is 5.82 Å². The van der Waals surface area contributed by atoms with Crippen LogP contribution in [0.2, 0.25) is 5.02 Å². The van der Waals surface area contributed by atoms with Crippen LogP contribution in [-0.4, -0.2) is 39.5 Å². The fourth-order valence-electron chi connectivity index (χ4n) is 2.62. The third-order valence-electron chi connectivity index (χ3n) is 3.96. The molecule has 0 aliphatic carbocycles. The summed E-state index contributed by atoms with van der Waals surface area (Å²) < 4.78 is 6.69. The van der Waals surface area contributed by atoms with Crippen molar-refractivity contribution in [2.24, 2.45) is 0 Å². The van der Waals surface area contributed by atoms with Gasteiger partial charge in [-0.15, -0.1) is 11.8 Å². The quantitative estimate of drug-likeness (QED) is 0.469. The number of carbonyl (C=O) groups is 2. The number of carbonyl (C=O) groups excluding carboxylic acids is 2. The minimum Gasteiger partial charge on any atom is -0.451 e. The maximum atomic E-state index is 12.4. The maximum absolute atomic E-state index is 12.4. The van der Waals surface area contributed by atoms with Crippen LogP contribution in [0.4, 0.5) is 5.69 Å². The van der Waals surface area contributed by atoms with E-state index in [9.17, 15) is 9.59 Å². The molecule has 1 N–H and O–H groups in total. The number of rotatable bonds is 6. The van der Waals surface area contributed by atoms with E-state index >= 15 is 0 Å². The molecule has 0 saturated heterocycles. The molecule has 0 aliphatic heterocycles. The first kappa shape index (κ1) is 20.9. The zero-order valence-electron chi connectivity index (χ0n) is 16.1. The summed E-state index contributed by atoms with van der Waals surface area (Å²) in [5.41, 5.74) is 2.23. The van der Waals surface area contributed by atoms with E-state index < -0.39 is 18.5 Å². The molecule has 0 bridgehead atoms. The van der Waals surface area contributed by atoms with E-state index in [0.717, 1.165) is 16.3 Å². The Morgan fingerprint density at radius 1 is 1.17 bits per heavy atom. The number of benzene rings is 1. The zero-order valence-corrected chi connectivity index (χ0v) is 17.7. The first-order chi connectivity index (χ1) is 13.9. The third-order valence-corrected chi connectivity index (χ3v) is 5.01. The molecule has 0 spiro atoms. The van der Waals surface area contributed by atoms with Crippen LogP contribution < -0.4 is 5.32 Å². The van der Waals surface area contributed by atoms with Crippen molar-refractivity contribution in [2.75, 3.05) is 18.2 Å². The summed E-state index contributed by atoms with van der Waals surface area (Å²) in [5.74, 6) is -0.808. The number of halogens is 1. The Morgan fingerprint density at radius 2 is 1.90 bits per heavy atom. The number of aromatic nitrogens is 3. The Balaban J connectivity index is 1.66. The van der Waals surface area contributed by atoms with Gasteiger partial charge in [-0.05, 0) is 62.6 Å². The molecule has 29 heavy (non-hydrogen) atoms. The molecule has 0 fully saturated rings. The van der Waals surface area contributed by atoms with Crippen molar-refractivity contribution in [3.05, 3.63) is 64.6 Å². The van der Waals surface area contributed by atoms with E-state index in [2.05, 4.69) is 15.4 Å². The lowest BCUT2D eigenvalue weighted by Crippen LogP contribution is -2.21. The molecule has 9 heteroatoms. The molecule has 0 saturated carbocycles. The standard InChI is InChI=1S/C20H19ClN4O3S/c1-12-10-13(2)25(24-12)17-9-8-16(21)19(23-17)20(27)28-11-18(26)22-14-4-6-15(29-3)7-5-14/h4-10H,11H2,1-3H3,(H,22,26). The summed E-state index contributed by atoms with van der Waals surface area (Å²) in [6.07, 6.45) is 1.97. The highest BCUT2D eigenvalue weighted by Crippen LogP contribution is 2.19. The molecule has 3 rings (SSSR count). The molecule has 1 aromatic carbocycles. The largest absolute Gasteiger partial charge is 0.451 e. The number of ether oxygens (including phenoxy) is 1. The third kappa shape index (κ3) is 5.16. The van der Waals surface area contributed by atoms with Gasteiger partial charge in [-0.2, -0.15) is 5.10 Å². The predicted octanol–water partition coefficient (Wildman–Crippen LogP) is 4.05. The van der Waals surface area contributed by atoms with E-state index in [1.807, 2.05) is 38.3 Å². The lowest BCUT2D eigenvalue weighted by Gasteiger charge is -2.09. The van der Waals surface area contributed by atoms with Crippen molar-refractivity contribution in [1.29, 1.82) is 0 Å². The van der Waals surface area contributed by atoms with Crippen molar-refractivity contribution >= 4 is 40.9 Å². The Hall–Kier alpha value is -2.84. The highest BCUT2D eigenvalue weighted by Gasteiger charge is 2.18. The number of aryl methyl sites for hydroxylation is 2. The van der Waals surface area contributed by atoms with Crippen LogP contribution in [0.15, 0.2) is 47.4 Å². The smallest absolute Gasteiger partial charge is 0.359 e. The number of amides is 1. The first-order valence-electron chi connectivity index (χ1n) is 8.68. The minimum absolute atomic E-state index is 0.0751. The van der Waals surface area contributed by atoms with Crippen LogP contribution in [0.25, 0.3) is 5.82 Å². The number of hydrogen-bond donors (Lipinski definition) is 1. The van der Waals surface area contributed by atoms with Crippen LogP contribution in [0.1, 0.15) is 21.9 Å². The lowest BCUT2D eigenvalue weighted by atomic mass is 10.3. The van der Waals surface area contributed by atoms with Gasteiger partial charge in [-0.3, -0.25) is 4.79 Å². The fraction of sp³-hybridized carbons (Fsp3) is 0.200. The van der Waals surface area contributed by atoms with Gasteiger partial charge in [0.1, 0.15) is 0 Å². The van der Waals surface area contributed by atoms with Gasteiger partial charge in [-0.1, -0.05) is 11.6 Å². The lowest BCUT2D eigenvalue weighted by molar-refractivity contribution is -0.119. The van der Waals surface area contributed by atoms with Gasteiger partial charge in [0.25, 0.3) is 5.91 Å². The Kier molecular flexibility index (Phi) is 6.56. The Morgan fingerprint density at radius 3 is 2.52 bits per heavy atom. The monoisotopic (exact) mass is 430 g/mol. The summed E-state index contributed by atoms with van der Waals surface area (Å²) in [6.45, 7) is 3.29. The van der Waals surface area contributed by atoms with Gasteiger partial charge < -0.3 is 10.1 Å². The topological polar surface area (TPSA) is 86.1 Å². The number of thioether (sulfide) groups is 1. The molecule has 150 valence electrons. The fourth-order valence-corrected chi connectivity index (χ4v) is 3.22. The van der Waals surface area contributed by atoms with Gasteiger partial charge in [0, 0.05) is 16.3 Å². The molecule has 2 heterocycles. The average molecular weight is 431 g/mol. The van der Waals surface area contributed by atoms with Crippen molar-refractivity contribution < 1.29 is 14.3 Å². The maximum Gasteiger partial charge on any atom is 0.359 e. The van der Waals surface area contributed by atoms with Gasteiger partial charge in [0.05, 0.1) is 10.7 Å². The van der Waals surface area contributed by atoms with Crippen LogP contribution in [0.5, 0.6) is 0 Å². The van der Waals surface area contributed by atoms with Crippen LogP contribution in [0, 0.1) is 13.8 Å². The van der Waals surface area contributed by atoms with Crippen LogP contribution in [0.3, 0.4) is 0 Å². The van der Waals surface area contributed by atoms with Gasteiger partial charge >= 0.3 is 5.97 Å². The molecule has 1 amide bonds. The highest BCUT2D eigenvalue weighted by molar-refractivity contribution is 7.98. The number of hydrogen-bond acceptors (Lipinski definition) is 6. The molecule has 3 aromatic rings. The van der Waals surface area contributed by atoms with Crippen LogP contribution >= 0.6 is 23.4 Å². The van der Waals surface area contributed by atoms with Gasteiger partial charge in [0.2, 0.25) is 0 Å². The van der Waals surface area contributed by atoms with Gasteiger partial charge in [0.15, 0.2) is 18.1 Å². The van der Waals surface area contributed by atoms with Crippen molar-refractivity contribution in [1.82, 2.24) is 14.8 Å². The van der Waals surface area contributed by atoms with Crippen molar-refractivity contribution in [2.45, 2.75) is 18.7 Å². The summed E-state index contributed by atoms with van der Waals surface area (Å²) in [4.78, 5) is 29.8. The first-order valence-corrected chi connectivity index (χ1v) is 10.3. The molecular formula is C20H19ClN4O3S. The molecule has 0 unspecified atom stereocenters. The summed E-state index contributed by atoms with van der Waals surface area (Å²) >= 11 is 7.71. The Bertz CT molecular complexity index is 1050. The summed E-state index contributed by atoms with van der Waals surface area (Å²) in [6, 6.07) is 12.4. The minimum atomic E-state index is -0.786. The number of pyridine rings is 1. The average Bonchev–Trinajstić information content (AvgIpc) is 3.05. The van der Waals surface area contributed by atoms with E-state index in [1.54, 1.807) is 40.7 Å². The normalized spacial score (nSPS) is 10.6. The second-order valence-corrected chi connectivity index (χ2v) is 7.48. The zero-order chi connectivity index (χ0) is 21.0. The van der Waals surface area contributed by atoms with E-state index in [4.69, 9.17) is 16.3 Å². The number of nitrogens with one attached hydrogen (secondary N) is 1. The predicted molar refractivity (Wildman–Crippen MR) is 113 cm³/mol. The summed E-state index contributed by atoms with van der Waals surface area (Å²) in [7, 11) is 0.